The first kappa shape index (κ1) is 13.9. The van der Waals surface area contributed by atoms with Crippen molar-refractivity contribution in [1.29, 1.82) is 0 Å². The predicted octanol–water partition coefficient (Wildman–Crippen LogP) is 4.55. The molecule has 2 heterocycles. The highest BCUT2D eigenvalue weighted by atomic mass is 32.1. The molecule has 0 bridgehead atoms. The van der Waals surface area contributed by atoms with Crippen LogP contribution in [0.2, 0.25) is 0 Å². The van der Waals surface area contributed by atoms with Crippen LogP contribution >= 0.6 is 12.2 Å². The lowest BCUT2D eigenvalue weighted by Gasteiger charge is -2.09. The van der Waals surface area contributed by atoms with E-state index in [1.54, 1.807) is 0 Å². The second-order valence-corrected chi connectivity index (χ2v) is 5.99. The van der Waals surface area contributed by atoms with Crippen LogP contribution in [0.25, 0.3) is 22.3 Å². The van der Waals surface area contributed by atoms with Crippen molar-refractivity contribution in [2.75, 3.05) is 0 Å². The molecule has 0 fully saturated rings. The standard InChI is InChI=1S/C17H17N3S/c1-11(2)9-13-10-15(21)20-17(19-13)16-14-6-4-3-5-12(14)7-8-18-16/h3-8,10-11H,9H2,1-2H3,(H,19,20,21). The Labute approximate surface area is 129 Å². The smallest absolute Gasteiger partial charge is 0.158 e. The first-order valence-electron chi connectivity index (χ1n) is 7.08. The van der Waals surface area contributed by atoms with Gasteiger partial charge in [0.1, 0.15) is 10.3 Å². The van der Waals surface area contributed by atoms with Crippen molar-refractivity contribution in [3.05, 3.63) is 52.9 Å². The lowest BCUT2D eigenvalue weighted by Crippen LogP contribution is -2.01. The molecule has 0 aliphatic carbocycles. The van der Waals surface area contributed by atoms with Gasteiger partial charge in [0.2, 0.25) is 0 Å². The van der Waals surface area contributed by atoms with Crippen molar-refractivity contribution in [2.45, 2.75) is 20.3 Å². The second kappa shape index (κ2) is 5.74. The Morgan fingerprint density at radius 1 is 1.19 bits per heavy atom. The maximum absolute atomic E-state index is 5.30. The number of pyridine rings is 1. The molecular formula is C17H17N3S. The van der Waals surface area contributed by atoms with Gasteiger partial charge in [0.05, 0.1) is 0 Å². The molecule has 1 aromatic carbocycles. The van der Waals surface area contributed by atoms with Gasteiger partial charge >= 0.3 is 0 Å². The van der Waals surface area contributed by atoms with Crippen LogP contribution in [-0.2, 0) is 6.42 Å². The highest BCUT2D eigenvalue weighted by molar-refractivity contribution is 7.71. The molecule has 1 N–H and O–H groups in total. The number of benzene rings is 1. The third-order valence-corrected chi connectivity index (χ3v) is 3.53. The summed E-state index contributed by atoms with van der Waals surface area (Å²) in [6.45, 7) is 4.38. The summed E-state index contributed by atoms with van der Waals surface area (Å²) < 4.78 is 0.606. The van der Waals surface area contributed by atoms with Gasteiger partial charge in [-0.15, -0.1) is 0 Å². The molecule has 0 aliphatic heterocycles. The molecule has 0 spiro atoms. The molecule has 0 amide bonds. The van der Waals surface area contributed by atoms with Crippen LogP contribution in [0.1, 0.15) is 19.5 Å². The van der Waals surface area contributed by atoms with E-state index in [2.05, 4.69) is 40.9 Å². The Balaban J connectivity index is 2.18. The van der Waals surface area contributed by atoms with Crippen LogP contribution in [0.4, 0.5) is 0 Å². The van der Waals surface area contributed by atoms with Gasteiger partial charge in [0.25, 0.3) is 0 Å². The van der Waals surface area contributed by atoms with Crippen molar-refractivity contribution < 1.29 is 0 Å². The van der Waals surface area contributed by atoms with Crippen LogP contribution < -0.4 is 0 Å². The van der Waals surface area contributed by atoms with Crippen LogP contribution in [0.3, 0.4) is 0 Å². The molecule has 0 radical (unpaired) electrons. The van der Waals surface area contributed by atoms with Gasteiger partial charge in [-0.25, -0.2) is 4.98 Å². The summed E-state index contributed by atoms with van der Waals surface area (Å²) in [4.78, 5) is 12.3. The molecule has 106 valence electrons. The number of hydrogen-bond acceptors (Lipinski definition) is 3. The zero-order chi connectivity index (χ0) is 14.8. The Morgan fingerprint density at radius 3 is 2.81 bits per heavy atom. The van der Waals surface area contributed by atoms with E-state index in [0.29, 0.717) is 10.6 Å². The van der Waals surface area contributed by atoms with Crippen LogP contribution in [0.15, 0.2) is 42.6 Å². The summed E-state index contributed by atoms with van der Waals surface area (Å²) in [5, 5.41) is 2.23. The third-order valence-electron chi connectivity index (χ3n) is 3.32. The quantitative estimate of drug-likeness (QED) is 0.721. The largest absolute Gasteiger partial charge is 0.342 e. The summed E-state index contributed by atoms with van der Waals surface area (Å²) in [5.74, 6) is 1.31. The lowest BCUT2D eigenvalue weighted by atomic mass is 10.1. The van der Waals surface area contributed by atoms with E-state index in [1.807, 2.05) is 30.5 Å². The van der Waals surface area contributed by atoms with E-state index < -0.39 is 0 Å². The average molecular weight is 295 g/mol. The topological polar surface area (TPSA) is 41.6 Å². The van der Waals surface area contributed by atoms with E-state index in [9.17, 15) is 0 Å². The average Bonchev–Trinajstić information content (AvgIpc) is 2.45. The van der Waals surface area contributed by atoms with E-state index in [0.717, 1.165) is 34.4 Å². The zero-order valence-electron chi connectivity index (χ0n) is 12.1. The fourth-order valence-electron chi connectivity index (χ4n) is 2.48. The number of nitrogens with one attached hydrogen (secondary N) is 1. The second-order valence-electron chi connectivity index (χ2n) is 5.57. The molecule has 0 saturated carbocycles. The van der Waals surface area contributed by atoms with Gasteiger partial charge in [-0.3, -0.25) is 4.98 Å². The van der Waals surface area contributed by atoms with Crippen molar-refractivity contribution in [2.24, 2.45) is 5.92 Å². The number of fused-ring (bicyclic) bond motifs is 1. The van der Waals surface area contributed by atoms with Crippen LogP contribution in [-0.4, -0.2) is 15.0 Å². The lowest BCUT2D eigenvalue weighted by molar-refractivity contribution is 0.634. The Bertz CT molecular complexity index is 831. The highest BCUT2D eigenvalue weighted by Gasteiger charge is 2.09. The zero-order valence-corrected chi connectivity index (χ0v) is 12.9. The summed E-state index contributed by atoms with van der Waals surface area (Å²) >= 11 is 5.30. The van der Waals surface area contributed by atoms with E-state index in [4.69, 9.17) is 12.2 Å². The highest BCUT2D eigenvalue weighted by Crippen LogP contribution is 2.24. The normalized spacial score (nSPS) is 11.2. The molecular weight excluding hydrogens is 278 g/mol. The van der Waals surface area contributed by atoms with E-state index in [1.165, 1.54) is 0 Å². The Kier molecular flexibility index (Phi) is 3.80. The number of aromatic nitrogens is 3. The summed E-state index contributed by atoms with van der Waals surface area (Å²) in [7, 11) is 0. The van der Waals surface area contributed by atoms with Gasteiger partial charge < -0.3 is 4.98 Å². The third kappa shape index (κ3) is 3.00. The SMILES string of the molecule is CC(C)Cc1cc(=S)nc(-c2nccc3ccccc23)[nH]1. The van der Waals surface area contributed by atoms with Crippen molar-refractivity contribution in [3.8, 4) is 11.5 Å². The number of nitrogens with zero attached hydrogens (tertiary/aromatic N) is 2. The fourth-order valence-corrected chi connectivity index (χ4v) is 2.71. The minimum Gasteiger partial charge on any atom is -0.342 e. The van der Waals surface area contributed by atoms with Gasteiger partial charge in [0, 0.05) is 17.3 Å². The van der Waals surface area contributed by atoms with Crippen molar-refractivity contribution in [1.82, 2.24) is 15.0 Å². The molecule has 0 atom stereocenters. The molecule has 0 aliphatic rings. The summed E-state index contributed by atoms with van der Waals surface area (Å²) in [6.07, 6.45) is 2.76. The van der Waals surface area contributed by atoms with Gasteiger partial charge in [0.15, 0.2) is 5.82 Å². The molecule has 4 heteroatoms. The van der Waals surface area contributed by atoms with E-state index in [-0.39, 0.29) is 0 Å². The molecule has 3 aromatic rings. The monoisotopic (exact) mass is 295 g/mol. The Morgan fingerprint density at radius 2 is 2.00 bits per heavy atom. The van der Waals surface area contributed by atoms with E-state index >= 15 is 0 Å². The molecule has 3 nitrogen and oxygen atoms in total. The number of H-pyrrole nitrogens is 1. The summed E-state index contributed by atoms with van der Waals surface area (Å²) in [5.41, 5.74) is 1.96. The van der Waals surface area contributed by atoms with Crippen molar-refractivity contribution in [3.63, 3.8) is 0 Å². The molecule has 2 aromatic heterocycles. The molecule has 21 heavy (non-hydrogen) atoms. The van der Waals surface area contributed by atoms with Gasteiger partial charge in [-0.1, -0.05) is 50.3 Å². The molecule has 0 unspecified atom stereocenters. The van der Waals surface area contributed by atoms with Crippen LogP contribution in [0, 0.1) is 10.6 Å². The fraction of sp³-hybridized carbons (Fsp3) is 0.235. The van der Waals surface area contributed by atoms with Crippen LogP contribution in [0.5, 0.6) is 0 Å². The predicted molar refractivity (Wildman–Crippen MR) is 88.7 cm³/mol. The van der Waals surface area contributed by atoms with Gasteiger partial charge in [-0.2, -0.15) is 0 Å². The molecule has 3 rings (SSSR count). The molecule has 0 saturated heterocycles. The first-order valence-corrected chi connectivity index (χ1v) is 7.48. The number of hydrogen-bond donors (Lipinski definition) is 1. The number of aromatic amines is 1. The number of rotatable bonds is 3. The summed E-state index contributed by atoms with van der Waals surface area (Å²) in [6, 6.07) is 12.1. The Hall–Kier alpha value is -2.07. The maximum atomic E-state index is 5.30. The maximum Gasteiger partial charge on any atom is 0.158 e. The van der Waals surface area contributed by atoms with Crippen molar-refractivity contribution >= 4 is 23.0 Å². The minimum absolute atomic E-state index is 0.561. The first-order chi connectivity index (χ1) is 10.1. The van der Waals surface area contributed by atoms with Gasteiger partial charge in [-0.05, 0) is 29.9 Å². The minimum atomic E-state index is 0.561.